The van der Waals surface area contributed by atoms with Crippen molar-refractivity contribution in [1.82, 2.24) is 31.9 Å². The second-order valence-corrected chi connectivity index (χ2v) is 37.6. The summed E-state index contributed by atoms with van der Waals surface area (Å²) in [5, 5.41) is 122. The summed E-state index contributed by atoms with van der Waals surface area (Å²) in [5.41, 5.74) is 2.32. The lowest BCUT2D eigenvalue weighted by Gasteiger charge is -2.63. The van der Waals surface area contributed by atoms with Crippen LogP contribution in [0.4, 0.5) is 20.2 Å². The van der Waals surface area contributed by atoms with E-state index in [1.165, 1.54) is 50.3 Å². The fourth-order valence-electron chi connectivity index (χ4n) is 20.6. The van der Waals surface area contributed by atoms with Crippen molar-refractivity contribution in [1.29, 1.82) is 5.53 Å². The summed E-state index contributed by atoms with van der Waals surface area (Å²) in [5.74, 6) is -0.595. The number of nitrogens with zero attached hydrogens (tertiary/aromatic N) is 2. The molecule has 0 bridgehead atoms. The summed E-state index contributed by atoms with van der Waals surface area (Å²) >= 11 is 0. The lowest BCUT2D eigenvalue weighted by molar-refractivity contribution is -0.301. The number of amides is 7. The maximum absolute atomic E-state index is 18.1. The molecule has 2 unspecified atom stereocenters. The number of hydrogen-bond donors (Lipinski definition) is 17. The maximum atomic E-state index is 18.1. The topological polar surface area (TPSA) is 552 Å². The van der Waals surface area contributed by atoms with E-state index in [0.717, 1.165) is 22.8 Å². The predicted octanol–water partition coefficient (Wildman–Crippen LogP) is 3.08. The number of ether oxygens (including phenoxy) is 10. The Morgan fingerprint density at radius 2 is 1.38 bits per heavy atom. The molecule has 6 fully saturated rings. The first-order valence-electron chi connectivity index (χ1n) is 47.8. The van der Waals surface area contributed by atoms with Gasteiger partial charge >= 0.3 is 0 Å². The van der Waals surface area contributed by atoms with Crippen molar-refractivity contribution in [2.45, 2.75) is 278 Å². The zero-order chi connectivity index (χ0) is 99.4. The average Bonchev–Trinajstić information content (AvgIpc) is 1.47. The van der Waals surface area contributed by atoms with Crippen LogP contribution in [0.5, 0.6) is 5.75 Å². The number of carbonyl (C=O) groups is 9. The zero-order valence-corrected chi connectivity index (χ0v) is 78.8. The molecule has 758 valence electrons. The molecule has 0 spiro atoms. The molecular weight excluding hydrogens is 1800 g/mol. The number of halogens is 2. The van der Waals surface area contributed by atoms with Gasteiger partial charge in [0.1, 0.15) is 103 Å². The van der Waals surface area contributed by atoms with E-state index in [4.69, 9.17) is 52.9 Å². The van der Waals surface area contributed by atoms with Crippen LogP contribution in [0.2, 0.25) is 0 Å². The van der Waals surface area contributed by atoms with Crippen molar-refractivity contribution in [3.63, 3.8) is 0 Å². The van der Waals surface area contributed by atoms with Gasteiger partial charge < -0.3 is 135 Å². The first-order valence-corrected chi connectivity index (χ1v) is 47.8. The first kappa shape index (κ1) is 107. The van der Waals surface area contributed by atoms with E-state index in [1.807, 2.05) is 55.5 Å². The third-order valence-corrected chi connectivity index (χ3v) is 28.2. The van der Waals surface area contributed by atoms with Crippen LogP contribution in [0.3, 0.4) is 0 Å². The van der Waals surface area contributed by atoms with Gasteiger partial charge in [-0.25, -0.2) is 14.3 Å². The second kappa shape index (κ2) is 48.7. The van der Waals surface area contributed by atoms with Crippen LogP contribution in [0.15, 0.2) is 113 Å². The number of anilines is 2. The summed E-state index contributed by atoms with van der Waals surface area (Å²) in [4.78, 5) is 125. The van der Waals surface area contributed by atoms with Crippen molar-refractivity contribution >= 4 is 64.3 Å². The number of ketones is 2. The minimum Gasteiger partial charge on any atom is -0.486 e. The van der Waals surface area contributed by atoms with Gasteiger partial charge in [0, 0.05) is 78.0 Å². The van der Waals surface area contributed by atoms with Gasteiger partial charge in [-0.15, -0.1) is 0 Å². The highest BCUT2D eigenvalue weighted by Gasteiger charge is 2.80. The van der Waals surface area contributed by atoms with Crippen LogP contribution >= 0.6 is 0 Å². The summed E-state index contributed by atoms with van der Waals surface area (Å²) in [6.07, 6.45) is -15.5. The van der Waals surface area contributed by atoms with Gasteiger partial charge in [-0.1, -0.05) is 95.2 Å². The molecule has 3 aromatic carbocycles. The Morgan fingerprint density at radius 3 is 2.08 bits per heavy atom. The number of alkyl halides is 2. The first-order chi connectivity index (χ1) is 66.1. The molecule has 4 heterocycles. The van der Waals surface area contributed by atoms with Gasteiger partial charge in [-0.3, -0.25) is 43.2 Å². The number of carbonyl (C=O) groups excluding carboxylic acids is 9. The lowest BCUT2D eigenvalue weighted by Crippen LogP contribution is -2.71. The number of unbranched alkanes of at least 4 members (excludes halogenated alkanes) is 1. The van der Waals surface area contributed by atoms with Crippen LogP contribution < -0.4 is 46.9 Å². The highest BCUT2D eigenvalue weighted by Crippen LogP contribution is 2.72. The molecular formula is C98H134F2N10O28. The molecule has 3 saturated heterocycles. The number of aliphatic hydroxyl groups is 9. The number of rotatable bonds is 47. The number of para-hydroxylation sites is 1. The van der Waals surface area contributed by atoms with Crippen LogP contribution in [-0.4, -0.2) is 312 Å². The normalized spacial score (nSPS) is 31.4. The molecule has 17 N–H and O–H groups in total. The summed E-state index contributed by atoms with van der Waals surface area (Å²) in [6.45, 7) is 9.05. The molecule has 0 aromatic heterocycles. The smallest absolute Gasteiger partial charge is 0.246 e. The third kappa shape index (κ3) is 24.6. The second-order valence-electron chi connectivity index (χ2n) is 37.6. The van der Waals surface area contributed by atoms with Crippen molar-refractivity contribution < 1.29 is 145 Å². The van der Waals surface area contributed by atoms with Gasteiger partial charge in [-0.2, -0.15) is 5.11 Å². The fraction of sp³-hybridized carbons (Fsp3) is 0.643. The van der Waals surface area contributed by atoms with Crippen LogP contribution in [-0.2, 0) is 92.3 Å². The lowest BCUT2D eigenvalue weighted by atomic mass is 9.44. The standard InChI is InChI=1S/C98H134F2N10O28/c1-7-17-82-136-76-48-64-65-47-67(99)66-46-62(113)33-35-94(66,5)97(65,100)74(114)50-95(64,6)98(76,138-82)75(115)54-133-63-29-27-61(28-30-63)105-90(125)57(4)104-92(127)83(56(2)3)108-91(126)69(106-79(117)34-38-129-40-42-131-44-45-132-43-41-130-39-37-103-78(116)31-32-81(119)110-51-60-20-12-11-18-58(60)25-26-59-19-13-14-23-70(59)110)22-15-16-36-102-80(118)55-134-71-24-10-8-9-21-68(84(71)109-101)107-93-88(123)89(124)96(128,77(53-112)137-93)49-72-85(120)87(122)86(121)73(52-111)135-72/h11-14,18-20,23,27-30,33,35,46,56-57,64-65,67,69,71-74,76-77,82-83,85-89,93,101,107,111-112,114,120-124,128H,7-10,15-17,21-22,24,31-32,34,36-45,47-55H2,1-6H3,(H,102,118)(H,103,116)(H,104,127)(H,105,125)(H,106,117)(H,108,126)/b84-68-,109-101?/t57-,64-,65-,67-,69+,71?,72+,73+,74-,76+,77+,82?,83-,85-,86+,87+,88+,89+,93-,94-,95-,96+,97-,98+/m0/s1. The molecule has 138 heavy (non-hydrogen) atoms. The minimum absolute atomic E-state index is 0.00197. The predicted molar refractivity (Wildman–Crippen MR) is 490 cm³/mol. The zero-order valence-electron chi connectivity index (χ0n) is 78.8. The van der Waals surface area contributed by atoms with Gasteiger partial charge in [0.05, 0.1) is 96.6 Å². The van der Waals surface area contributed by atoms with Crippen LogP contribution in [0, 0.1) is 46.0 Å². The van der Waals surface area contributed by atoms with Crippen molar-refractivity contribution in [2.24, 2.45) is 33.7 Å². The molecule has 38 nitrogen and oxygen atoms in total. The Labute approximate surface area is 800 Å². The number of allylic oxidation sites excluding steroid dienone is 5. The fourth-order valence-corrected chi connectivity index (χ4v) is 20.6. The van der Waals surface area contributed by atoms with E-state index < -0.39 is 223 Å². The monoisotopic (exact) mass is 1940 g/mol. The van der Waals surface area contributed by atoms with Gasteiger partial charge in [0.25, 0.3) is 0 Å². The van der Waals surface area contributed by atoms with Crippen LogP contribution in [0.1, 0.15) is 167 Å². The van der Waals surface area contributed by atoms with Crippen molar-refractivity contribution in [2.75, 3.05) is 103 Å². The molecule has 7 amide bonds. The molecule has 24 atom stereocenters. The summed E-state index contributed by atoms with van der Waals surface area (Å²) < 4.78 is 93.9. The Balaban J connectivity index is 0.599. The molecule has 9 aliphatic rings. The van der Waals surface area contributed by atoms with Crippen LogP contribution in [0.25, 0.3) is 0 Å². The minimum atomic E-state index is -2.54. The molecule has 40 heteroatoms. The molecule has 0 radical (unpaired) electrons. The van der Waals surface area contributed by atoms with E-state index in [0.29, 0.717) is 44.3 Å². The van der Waals surface area contributed by atoms with Crippen molar-refractivity contribution in [3.05, 3.63) is 125 Å². The molecule has 3 aromatic rings. The largest absolute Gasteiger partial charge is 0.486 e. The highest BCUT2D eigenvalue weighted by atomic mass is 19.1. The third-order valence-electron chi connectivity index (χ3n) is 28.2. The van der Waals surface area contributed by atoms with E-state index in [-0.39, 0.29) is 177 Å². The molecule has 3 saturated carbocycles. The van der Waals surface area contributed by atoms with Gasteiger partial charge in [0.15, 0.2) is 29.6 Å². The quantitative estimate of drug-likeness (QED) is 0.0219. The van der Waals surface area contributed by atoms with E-state index >= 15 is 8.78 Å². The maximum Gasteiger partial charge on any atom is 0.246 e. The van der Waals surface area contributed by atoms with Gasteiger partial charge in [0.2, 0.25) is 47.1 Å². The van der Waals surface area contributed by atoms with E-state index in [9.17, 15) is 89.1 Å². The number of hydrogen-bond acceptors (Lipinski definition) is 31. The highest BCUT2D eigenvalue weighted by molar-refractivity contribution is 6.02. The Hall–Kier alpha value is -9.59. The Morgan fingerprint density at radius 1 is 0.696 bits per heavy atom. The molecule has 12 rings (SSSR count). The number of Topliss-reactive ketones (excluding diaryl/α,β-unsaturated/α-hetero) is 1. The Bertz CT molecular complexity index is 4900. The number of fused-ring (bicyclic) bond motifs is 9. The molecule has 4 aliphatic heterocycles. The van der Waals surface area contributed by atoms with Crippen molar-refractivity contribution in [3.8, 4) is 17.6 Å². The summed E-state index contributed by atoms with van der Waals surface area (Å²) in [6, 6.07) is 17.4. The summed E-state index contributed by atoms with van der Waals surface area (Å²) in [7, 11) is 0. The average molecular weight is 1940 g/mol. The SMILES string of the molecule is CCCC1O[C@@H]2C[C@H]3[C@@H]4C[C@H](F)C5=CC(=O)C=C[C@]5(C)[C@@]4(F)[C@@H](O)C[C@]3(C)[C@]2(C(=O)COc2ccc(NC(=O)[C@H](C)NC(=O)[C@@H](NC(=O)[C@@H](CCCCNC(=O)COC3CCCCC/C(N[C@H]4O[C@H](CO)[C@](O)(C[C@H]5O[C@H](CO)[C@@H](O)[C@H](O)[C@H]5O)[C@H](O)[C@H]4O)=C\3N=N)NC(=O)CCOCCOCCOCCOCCNC(=O)CCC(=O)N3Cc4ccccc4C#Cc4ccccc43)C(C)C)cc2)O1. The van der Waals surface area contributed by atoms with Gasteiger partial charge in [-0.05, 0) is 156 Å². The number of aliphatic hydroxyl groups excluding tert-OH is 8. The van der Waals surface area contributed by atoms with E-state index in [2.05, 4.69) is 54.2 Å². The Kier molecular flexibility index (Phi) is 37.9. The number of benzene rings is 3. The van der Waals surface area contributed by atoms with E-state index in [1.54, 1.807) is 25.7 Å². The molecule has 5 aliphatic carbocycles. The number of nitrogens with one attached hydrogen (secondary N) is 8.